The van der Waals surface area contributed by atoms with Gasteiger partial charge in [0.2, 0.25) is 5.91 Å². The van der Waals surface area contributed by atoms with Gasteiger partial charge in [-0.05, 0) is 40.5 Å². The Hall–Kier alpha value is -1.33. The van der Waals surface area contributed by atoms with Crippen LogP contribution >= 0.6 is 27.7 Å². The van der Waals surface area contributed by atoms with Gasteiger partial charge in [0.1, 0.15) is 0 Å². The van der Waals surface area contributed by atoms with E-state index in [-0.39, 0.29) is 5.91 Å². The molecule has 1 aromatic carbocycles. The van der Waals surface area contributed by atoms with Crippen LogP contribution in [0.5, 0.6) is 0 Å². The summed E-state index contributed by atoms with van der Waals surface area (Å²) in [5, 5.41) is 0.863. The van der Waals surface area contributed by atoms with Crippen LogP contribution in [0.1, 0.15) is 12.5 Å². The number of rotatable bonds is 6. The molecule has 0 fully saturated rings. The number of aromatic nitrogens is 1. The topological polar surface area (TPSA) is 33.2 Å². The molecule has 0 radical (unpaired) electrons. The SMILES string of the molecule is CCN(Cc1ccccc1)C(=O)CSc1ccc(Br)cn1. The van der Waals surface area contributed by atoms with Crippen LogP contribution in [0, 0.1) is 0 Å². The molecule has 110 valence electrons. The zero-order chi connectivity index (χ0) is 15.1. The lowest BCUT2D eigenvalue weighted by Gasteiger charge is -2.20. The summed E-state index contributed by atoms with van der Waals surface area (Å²) in [5.74, 6) is 0.547. The molecule has 1 amide bonds. The third kappa shape index (κ3) is 5.17. The average molecular weight is 365 g/mol. The Morgan fingerprint density at radius 1 is 1.24 bits per heavy atom. The van der Waals surface area contributed by atoms with Crippen LogP contribution in [0.3, 0.4) is 0 Å². The van der Waals surface area contributed by atoms with Gasteiger partial charge in [0, 0.05) is 23.8 Å². The molecule has 0 N–H and O–H groups in total. The van der Waals surface area contributed by atoms with Gasteiger partial charge in [0.25, 0.3) is 0 Å². The number of pyridine rings is 1. The van der Waals surface area contributed by atoms with E-state index >= 15 is 0 Å². The molecule has 2 rings (SSSR count). The molecule has 0 unspecified atom stereocenters. The van der Waals surface area contributed by atoms with Crippen molar-refractivity contribution in [3.05, 3.63) is 58.7 Å². The number of halogens is 1. The smallest absolute Gasteiger partial charge is 0.233 e. The van der Waals surface area contributed by atoms with E-state index < -0.39 is 0 Å². The third-order valence-corrected chi connectivity index (χ3v) is 4.39. The molecular weight excluding hydrogens is 348 g/mol. The predicted octanol–water partition coefficient (Wildman–Crippen LogP) is 3.98. The van der Waals surface area contributed by atoms with Gasteiger partial charge in [0.15, 0.2) is 0 Å². The monoisotopic (exact) mass is 364 g/mol. The lowest BCUT2D eigenvalue weighted by atomic mass is 10.2. The van der Waals surface area contributed by atoms with Crippen LogP contribution in [-0.2, 0) is 11.3 Å². The van der Waals surface area contributed by atoms with Crippen molar-refractivity contribution in [3.63, 3.8) is 0 Å². The Morgan fingerprint density at radius 2 is 2.00 bits per heavy atom. The van der Waals surface area contributed by atoms with Crippen LogP contribution in [0.15, 0.2) is 58.2 Å². The van der Waals surface area contributed by atoms with E-state index in [0.29, 0.717) is 18.8 Å². The van der Waals surface area contributed by atoms with Crippen molar-refractivity contribution in [2.45, 2.75) is 18.5 Å². The maximum atomic E-state index is 12.3. The van der Waals surface area contributed by atoms with Gasteiger partial charge in [-0.1, -0.05) is 42.1 Å². The highest BCUT2D eigenvalue weighted by atomic mass is 79.9. The van der Waals surface area contributed by atoms with E-state index in [9.17, 15) is 4.79 Å². The van der Waals surface area contributed by atoms with Gasteiger partial charge >= 0.3 is 0 Å². The quantitative estimate of drug-likeness (QED) is 0.726. The molecule has 0 aliphatic carbocycles. The maximum Gasteiger partial charge on any atom is 0.233 e. The summed E-state index contributed by atoms with van der Waals surface area (Å²) in [6.07, 6.45) is 1.74. The molecule has 0 saturated carbocycles. The number of benzene rings is 1. The summed E-state index contributed by atoms with van der Waals surface area (Å²) in [6, 6.07) is 13.9. The zero-order valence-electron chi connectivity index (χ0n) is 11.8. The summed E-state index contributed by atoms with van der Waals surface area (Å²) in [7, 11) is 0. The molecule has 0 spiro atoms. The van der Waals surface area contributed by atoms with E-state index in [4.69, 9.17) is 0 Å². The number of amides is 1. The van der Waals surface area contributed by atoms with Gasteiger partial charge in [-0.3, -0.25) is 4.79 Å². The normalized spacial score (nSPS) is 10.4. The molecule has 5 heteroatoms. The lowest BCUT2D eigenvalue weighted by Crippen LogP contribution is -2.31. The summed E-state index contributed by atoms with van der Waals surface area (Å²) in [4.78, 5) is 18.4. The van der Waals surface area contributed by atoms with Gasteiger partial charge in [0.05, 0.1) is 10.8 Å². The number of thioether (sulfide) groups is 1. The molecule has 2 aromatic rings. The van der Waals surface area contributed by atoms with Crippen LogP contribution < -0.4 is 0 Å². The van der Waals surface area contributed by atoms with Crippen molar-refractivity contribution in [1.29, 1.82) is 0 Å². The van der Waals surface area contributed by atoms with Crippen molar-refractivity contribution < 1.29 is 4.79 Å². The van der Waals surface area contributed by atoms with Crippen molar-refractivity contribution in [2.24, 2.45) is 0 Å². The first-order valence-electron chi connectivity index (χ1n) is 6.75. The van der Waals surface area contributed by atoms with Crippen LogP contribution in [0.2, 0.25) is 0 Å². The molecule has 0 aliphatic heterocycles. The van der Waals surface area contributed by atoms with E-state index in [1.54, 1.807) is 6.20 Å². The summed E-state index contributed by atoms with van der Waals surface area (Å²) in [6.45, 7) is 3.37. The predicted molar refractivity (Wildman–Crippen MR) is 90.2 cm³/mol. The average Bonchev–Trinajstić information content (AvgIpc) is 2.52. The lowest BCUT2D eigenvalue weighted by molar-refractivity contribution is -0.128. The highest BCUT2D eigenvalue weighted by Crippen LogP contribution is 2.18. The highest BCUT2D eigenvalue weighted by Gasteiger charge is 2.12. The van der Waals surface area contributed by atoms with E-state index in [1.165, 1.54) is 11.8 Å². The number of hydrogen-bond acceptors (Lipinski definition) is 3. The molecule has 1 aromatic heterocycles. The highest BCUT2D eigenvalue weighted by molar-refractivity contribution is 9.10. The second-order valence-electron chi connectivity index (χ2n) is 4.50. The number of carbonyl (C=O) groups excluding carboxylic acids is 1. The van der Waals surface area contributed by atoms with Crippen molar-refractivity contribution in [1.82, 2.24) is 9.88 Å². The second kappa shape index (κ2) is 8.20. The minimum Gasteiger partial charge on any atom is -0.338 e. The van der Waals surface area contributed by atoms with Gasteiger partial charge < -0.3 is 4.90 Å². The Kier molecular flexibility index (Phi) is 6.26. The van der Waals surface area contributed by atoms with Crippen LogP contribution in [0.25, 0.3) is 0 Å². The minimum atomic E-state index is 0.135. The Balaban J connectivity index is 1.89. The minimum absolute atomic E-state index is 0.135. The first kappa shape index (κ1) is 16.0. The molecule has 0 atom stereocenters. The molecule has 1 heterocycles. The third-order valence-electron chi connectivity index (χ3n) is 2.99. The first-order chi connectivity index (χ1) is 10.2. The van der Waals surface area contributed by atoms with Crippen molar-refractivity contribution in [3.8, 4) is 0 Å². The second-order valence-corrected chi connectivity index (χ2v) is 6.41. The summed E-state index contributed by atoms with van der Waals surface area (Å²) in [5.41, 5.74) is 1.15. The standard InChI is InChI=1S/C16H17BrN2OS/c1-2-19(11-13-6-4-3-5-7-13)16(20)12-21-15-9-8-14(17)10-18-15/h3-10H,2,11-12H2,1H3. The number of nitrogens with zero attached hydrogens (tertiary/aromatic N) is 2. The fourth-order valence-electron chi connectivity index (χ4n) is 1.85. The summed E-state index contributed by atoms with van der Waals surface area (Å²) < 4.78 is 0.942. The van der Waals surface area contributed by atoms with Gasteiger partial charge in [-0.2, -0.15) is 0 Å². The molecule has 0 aliphatic rings. The molecule has 21 heavy (non-hydrogen) atoms. The first-order valence-corrected chi connectivity index (χ1v) is 8.53. The van der Waals surface area contributed by atoms with Crippen LogP contribution in [-0.4, -0.2) is 28.1 Å². The fourth-order valence-corrected chi connectivity index (χ4v) is 2.83. The van der Waals surface area contributed by atoms with E-state index in [0.717, 1.165) is 15.1 Å². The maximum absolute atomic E-state index is 12.3. The van der Waals surface area contributed by atoms with Gasteiger partial charge in [-0.25, -0.2) is 4.98 Å². The van der Waals surface area contributed by atoms with Crippen molar-refractivity contribution >= 4 is 33.6 Å². The molecule has 3 nitrogen and oxygen atoms in total. The molecular formula is C16H17BrN2OS. The zero-order valence-corrected chi connectivity index (χ0v) is 14.2. The van der Waals surface area contributed by atoms with Gasteiger partial charge in [-0.15, -0.1) is 0 Å². The van der Waals surface area contributed by atoms with E-state index in [2.05, 4.69) is 20.9 Å². The Labute approximate surface area is 137 Å². The molecule has 0 saturated heterocycles. The Morgan fingerprint density at radius 3 is 2.62 bits per heavy atom. The Bertz CT molecular complexity index is 575. The number of carbonyl (C=O) groups is 1. The summed E-state index contributed by atoms with van der Waals surface area (Å²) >= 11 is 4.82. The number of hydrogen-bond donors (Lipinski definition) is 0. The molecule has 0 bridgehead atoms. The van der Waals surface area contributed by atoms with Crippen molar-refractivity contribution in [2.75, 3.05) is 12.3 Å². The van der Waals surface area contributed by atoms with E-state index in [1.807, 2.05) is 54.3 Å². The van der Waals surface area contributed by atoms with Crippen LogP contribution in [0.4, 0.5) is 0 Å². The fraction of sp³-hybridized carbons (Fsp3) is 0.250. The largest absolute Gasteiger partial charge is 0.338 e.